The van der Waals surface area contributed by atoms with E-state index >= 15 is 0 Å². The summed E-state index contributed by atoms with van der Waals surface area (Å²) in [5, 5.41) is 3.31. The highest BCUT2D eigenvalue weighted by Crippen LogP contribution is 2.13. The topological polar surface area (TPSA) is 123 Å². The van der Waals surface area contributed by atoms with E-state index in [1.807, 2.05) is 0 Å². The van der Waals surface area contributed by atoms with Gasteiger partial charge in [-0.1, -0.05) is 0 Å². The first-order chi connectivity index (χ1) is 6.41. The van der Waals surface area contributed by atoms with E-state index in [9.17, 15) is 0 Å². The molecule has 0 aromatic rings. The van der Waals surface area contributed by atoms with E-state index in [1.54, 1.807) is 0 Å². The minimum Gasteiger partial charge on any atom is -0.315 e. The molecule has 1 spiro atoms. The van der Waals surface area contributed by atoms with Crippen molar-refractivity contribution in [3.05, 3.63) is 0 Å². The van der Waals surface area contributed by atoms with Crippen LogP contribution in [0.3, 0.4) is 0 Å². The quantitative estimate of drug-likeness (QED) is 0.254. The van der Waals surface area contributed by atoms with Crippen molar-refractivity contribution in [3.63, 3.8) is 0 Å². The van der Waals surface area contributed by atoms with Gasteiger partial charge in [-0.2, -0.15) is 14.0 Å². The van der Waals surface area contributed by atoms with Crippen molar-refractivity contribution in [2.24, 2.45) is 0 Å². The van der Waals surface area contributed by atoms with Crippen molar-refractivity contribution in [3.8, 4) is 0 Å². The Morgan fingerprint density at radius 1 is 1.21 bits per heavy atom. The van der Waals surface area contributed by atoms with Crippen LogP contribution in [-0.4, -0.2) is 42.7 Å². The third kappa shape index (κ3) is 4.28. The molecule has 9 heteroatoms. The summed E-state index contributed by atoms with van der Waals surface area (Å²) in [6.07, 6.45) is 1.22. The fraction of sp³-hybridized carbons (Fsp3) is 1.00. The Bertz CT molecular complexity index is 242. The molecule has 2 heterocycles. The first-order valence-corrected chi connectivity index (χ1v) is 5.47. The Hall–Kier alpha value is -0.290. The molecular formula is C5H14N4O4S. The van der Waals surface area contributed by atoms with E-state index in [0.29, 0.717) is 5.54 Å². The fourth-order valence-corrected chi connectivity index (χ4v) is 1.44. The van der Waals surface area contributed by atoms with Crippen LogP contribution in [0.1, 0.15) is 6.42 Å². The highest BCUT2D eigenvalue weighted by Gasteiger charge is 2.36. The lowest BCUT2D eigenvalue weighted by Crippen LogP contribution is -2.47. The highest BCUT2D eigenvalue weighted by molar-refractivity contribution is 7.79. The summed E-state index contributed by atoms with van der Waals surface area (Å²) in [5.74, 6) is 0. The Balaban J connectivity index is 0.000000171. The van der Waals surface area contributed by atoms with Gasteiger partial charge in [-0.05, 0) is 13.0 Å². The second-order valence-electron chi connectivity index (χ2n) is 3.26. The Kier molecular flexibility index (Phi) is 3.78. The molecule has 0 bridgehead atoms. The summed E-state index contributed by atoms with van der Waals surface area (Å²) in [7, 11) is -4.67. The van der Waals surface area contributed by atoms with Gasteiger partial charge in [-0.25, -0.2) is 10.9 Å². The summed E-state index contributed by atoms with van der Waals surface area (Å²) < 4.78 is 31.6. The fourth-order valence-electron chi connectivity index (χ4n) is 1.44. The predicted molar refractivity (Wildman–Crippen MR) is 48.7 cm³/mol. The van der Waals surface area contributed by atoms with Crippen molar-refractivity contribution in [2.45, 2.75) is 12.0 Å². The standard InChI is InChI=1S/C5H12N4.H2O4S/c1-2-6-3-5(1)4-7-9-8-5;1-5(2,3)4/h6-9H,1-4H2;(H2,1,2,3,4). The van der Waals surface area contributed by atoms with E-state index in [2.05, 4.69) is 21.7 Å². The van der Waals surface area contributed by atoms with Crippen molar-refractivity contribution in [1.29, 1.82) is 0 Å². The van der Waals surface area contributed by atoms with Gasteiger partial charge in [0.1, 0.15) is 0 Å². The summed E-state index contributed by atoms with van der Waals surface area (Å²) in [4.78, 5) is 0. The Labute approximate surface area is 82.0 Å². The highest BCUT2D eigenvalue weighted by atomic mass is 32.3. The molecule has 14 heavy (non-hydrogen) atoms. The second-order valence-corrected chi connectivity index (χ2v) is 4.15. The Morgan fingerprint density at radius 2 is 1.86 bits per heavy atom. The van der Waals surface area contributed by atoms with Gasteiger partial charge < -0.3 is 5.32 Å². The largest absolute Gasteiger partial charge is 0.394 e. The van der Waals surface area contributed by atoms with Gasteiger partial charge in [-0.15, -0.1) is 0 Å². The van der Waals surface area contributed by atoms with Gasteiger partial charge in [0.25, 0.3) is 0 Å². The first-order valence-electron chi connectivity index (χ1n) is 4.07. The molecule has 0 aromatic carbocycles. The summed E-state index contributed by atoms with van der Waals surface area (Å²) >= 11 is 0. The van der Waals surface area contributed by atoms with E-state index in [0.717, 1.165) is 19.6 Å². The van der Waals surface area contributed by atoms with E-state index < -0.39 is 10.4 Å². The lowest BCUT2D eigenvalue weighted by molar-refractivity contribution is 0.381. The molecule has 2 aliphatic rings. The van der Waals surface area contributed by atoms with Crippen LogP contribution in [0.4, 0.5) is 0 Å². The zero-order valence-electron chi connectivity index (χ0n) is 7.45. The van der Waals surface area contributed by atoms with E-state index in [-0.39, 0.29) is 0 Å². The summed E-state index contributed by atoms with van der Waals surface area (Å²) in [5.41, 5.74) is 9.48. The minimum absolute atomic E-state index is 0.306. The number of nitrogens with one attached hydrogen (secondary N) is 4. The van der Waals surface area contributed by atoms with Crippen LogP contribution in [0.5, 0.6) is 0 Å². The third-order valence-corrected chi connectivity index (χ3v) is 2.09. The number of rotatable bonds is 0. The molecule has 0 saturated carbocycles. The number of hydrogen-bond donors (Lipinski definition) is 6. The monoisotopic (exact) mass is 226 g/mol. The van der Waals surface area contributed by atoms with Crippen LogP contribution in [0, 0.1) is 0 Å². The molecule has 0 aliphatic carbocycles. The van der Waals surface area contributed by atoms with Gasteiger partial charge >= 0.3 is 10.4 Å². The normalized spacial score (nSPS) is 31.6. The van der Waals surface area contributed by atoms with Gasteiger partial charge in [0.15, 0.2) is 0 Å². The minimum atomic E-state index is -4.67. The molecule has 1 unspecified atom stereocenters. The molecule has 0 amide bonds. The maximum Gasteiger partial charge on any atom is 0.394 e. The zero-order valence-corrected chi connectivity index (χ0v) is 8.26. The third-order valence-electron chi connectivity index (χ3n) is 2.09. The molecule has 6 N–H and O–H groups in total. The van der Waals surface area contributed by atoms with Crippen LogP contribution < -0.4 is 21.7 Å². The maximum absolute atomic E-state index is 8.74. The molecule has 1 atom stereocenters. The van der Waals surface area contributed by atoms with Crippen molar-refractivity contribution < 1.29 is 17.5 Å². The number of hydrogen-bond acceptors (Lipinski definition) is 6. The average molecular weight is 226 g/mol. The summed E-state index contributed by atoms with van der Waals surface area (Å²) in [6, 6.07) is 0. The Morgan fingerprint density at radius 3 is 2.21 bits per heavy atom. The van der Waals surface area contributed by atoms with Crippen LogP contribution in [0.2, 0.25) is 0 Å². The van der Waals surface area contributed by atoms with Crippen molar-refractivity contribution >= 4 is 10.4 Å². The zero-order chi connectivity index (χ0) is 10.7. The van der Waals surface area contributed by atoms with Gasteiger partial charge in [0.2, 0.25) is 0 Å². The molecule has 2 aliphatic heterocycles. The molecule has 2 saturated heterocycles. The first kappa shape index (κ1) is 11.8. The molecule has 2 rings (SSSR count). The van der Waals surface area contributed by atoms with Crippen LogP contribution >= 0.6 is 0 Å². The van der Waals surface area contributed by atoms with E-state index in [1.165, 1.54) is 6.42 Å². The van der Waals surface area contributed by atoms with Crippen LogP contribution in [-0.2, 0) is 10.4 Å². The van der Waals surface area contributed by atoms with Crippen molar-refractivity contribution in [1.82, 2.24) is 21.7 Å². The predicted octanol–water partition coefficient (Wildman–Crippen LogP) is -2.32. The molecular weight excluding hydrogens is 212 g/mol. The van der Waals surface area contributed by atoms with E-state index in [4.69, 9.17) is 17.5 Å². The molecule has 0 radical (unpaired) electrons. The molecule has 0 aromatic heterocycles. The van der Waals surface area contributed by atoms with Gasteiger partial charge in [0, 0.05) is 13.1 Å². The molecule has 8 nitrogen and oxygen atoms in total. The number of hydrazine groups is 2. The lowest BCUT2D eigenvalue weighted by Gasteiger charge is -2.18. The molecule has 84 valence electrons. The van der Waals surface area contributed by atoms with Crippen LogP contribution in [0.15, 0.2) is 0 Å². The smallest absolute Gasteiger partial charge is 0.315 e. The second kappa shape index (κ2) is 4.49. The summed E-state index contributed by atoms with van der Waals surface area (Å²) in [6.45, 7) is 3.24. The average Bonchev–Trinajstić information content (AvgIpc) is 2.61. The van der Waals surface area contributed by atoms with Crippen LogP contribution in [0.25, 0.3) is 0 Å². The lowest BCUT2D eigenvalue weighted by atomic mass is 10.0. The van der Waals surface area contributed by atoms with Gasteiger partial charge in [0.05, 0.1) is 5.54 Å². The van der Waals surface area contributed by atoms with Gasteiger partial charge in [-0.3, -0.25) is 9.11 Å². The SMILES string of the molecule is C1CC2(CN1)CNNN2.O=S(=O)(O)O. The van der Waals surface area contributed by atoms with Crippen molar-refractivity contribution in [2.75, 3.05) is 19.6 Å². The molecule has 2 fully saturated rings. The maximum atomic E-state index is 8.74.